The first kappa shape index (κ1) is 12.7. The number of rotatable bonds is 3. The molecule has 0 saturated heterocycles. The van der Waals surface area contributed by atoms with Gasteiger partial charge in [-0.3, -0.25) is 0 Å². The average Bonchev–Trinajstić information content (AvgIpc) is 2.20. The fourth-order valence-corrected chi connectivity index (χ4v) is 2.64. The van der Waals surface area contributed by atoms with Crippen molar-refractivity contribution in [2.75, 3.05) is 4.93 Å². The van der Waals surface area contributed by atoms with E-state index in [0.717, 1.165) is 25.7 Å². The second kappa shape index (κ2) is 6.30. The predicted molar refractivity (Wildman–Crippen MR) is 54.3 cm³/mol. The Morgan fingerprint density at radius 2 is 1.53 bits per heavy atom. The first-order chi connectivity index (χ1) is 7.11. The van der Waals surface area contributed by atoms with Crippen molar-refractivity contribution in [1.29, 1.82) is 0 Å². The molecule has 1 aliphatic carbocycles. The summed E-state index contributed by atoms with van der Waals surface area (Å²) in [7, 11) is 0. The van der Waals surface area contributed by atoms with E-state index in [1.807, 2.05) is 4.93 Å². The number of hydrogen-bond acceptors (Lipinski definition) is 2. The van der Waals surface area contributed by atoms with Gasteiger partial charge < -0.3 is 0 Å². The first-order valence-corrected chi connectivity index (χ1v) is 8.42. The van der Waals surface area contributed by atoms with Gasteiger partial charge in [0.25, 0.3) is 0 Å². The molecule has 5 heteroatoms. The van der Waals surface area contributed by atoms with Crippen LogP contribution >= 0.6 is 0 Å². The Labute approximate surface area is 101 Å². The van der Waals surface area contributed by atoms with Crippen molar-refractivity contribution in [2.24, 2.45) is 0 Å². The molecule has 1 rings (SSSR count). The zero-order valence-corrected chi connectivity index (χ0v) is 11.3. The molecule has 2 amide bonds. The number of carbonyl (C=O) groups excluding carboxylic acids is 2. The Morgan fingerprint density at radius 1 is 1.07 bits per heavy atom. The van der Waals surface area contributed by atoms with E-state index in [4.69, 9.17) is 0 Å². The van der Waals surface area contributed by atoms with Crippen LogP contribution in [0.4, 0.5) is 4.79 Å². The summed E-state index contributed by atoms with van der Waals surface area (Å²) in [6.45, 7) is 1.55. The number of carbonyl (C=O) groups is 2. The third-order valence-electron chi connectivity index (χ3n) is 2.62. The number of hydrogen-bond donors (Lipinski definition) is 2. The van der Waals surface area contributed by atoms with Gasteiger partial charge in [0.05, 0.1) is 0 Å². The topological polar surface area (TPSA) is 58.2 Å². The number of halogens is 1. The van der Waals surface area contributed by atoms with Gasteiger partial charge in [-0.2, -0.15) is 0 Å². The number of amides is 2. The molecule has 0 unspecified atom stereocenters. The fraction of sp³-hybridized carbons (Fsp3) is 0.800. The van der Waals surface area contributed by atoms with Crippen LogP contribution in [0.2, 0.25) is 0 Å². The van der Waals surface area contributed by atoms with Gasteiger partial charge in [-0.05, 0) is 0 Å². The molecule has 88 valence electrons. The zero-order chi connectivity index (χ0) is 11.3. The predicted octanol–water partition coefficient (Wildman–Crippen LogP) is -2.14. The summed E-state index contributed by atoms with van der Waals surface area (Å²) >= 11 is -0.328. The molecule has 1 aliphatic rings. The molecule has 0 bridgehead atoms. The van der Waals surface area contributed by atoms with Gasteiger partial charge in [-0.25, -0.2) is 0 Å². The monoisotopic (exact) mass is 325 g/mol. The third-order valence-corrected chi connectivity index (χ3v) is 3.91. The maximum absolute atomic E-state index is 11.2. The van der Waals surface area contributed by atoms with Gasteiger partial charge in [0, 0.05) is 0 Å². The van der Waals surface area contributed by atoms with Gasteiger partial charge in [0.2, 0.25) is 0 Å². The Morgan fingerprint density at radius 3 is 1.93 bits per heavy atom. The second-order valence-corrected chi connectivity index (χ2v) is 5.91. The van der Waals surface area contributed by atoms with Gasteiger partial charge in [0.1, 0.15) is 0 Å². The van der Waals surface area contributed by atoms with Crippen molar-refractivity contribution >= 4 is 9.82 Å². The van der Waals surface area contributed by atoms with Crippen molar-refractivity contribution in [2.45, 2.75) is 44.7 Å². The van der Waals surface area contributed by atoms with Crippen LogP contribution in [0, 0.1) is 0 Å². The number of nitrogens with one attached hydrogen (secondary N) is 2. The van der Waals surface area contributed by atoms with E-state index in [1.165, 1.54) is 0 Å². The van der Waals surface area contributed by atoms with Gasteiger partial charge in [-0.15, -0.1) is 0 Å². The molecule has 1 fully saturated rings. The summed E-state index contributed by atoms with van der Waals surface area (Å²) in [5.41, 5.74) is 0. The molecule has 0 atom stereocenters. The average molecular weight is 325 g/mol. The van der Waals surface area contributed by atoms with E-state index in [2.05, 4.69) is 10.6 Å². The van der Waals surface area contributed by atoms with Crippen LogP contribution < -0.4 is 31.8 Å². The Bertz CT molecular complexity index is 238. The minimum absolute atomic E-state index is 0.0434. The molecule has 1 saturated carbocycles. The van der Waals surface area contributed by atoms with Crippen molar-refractivity contribution in [3.63, 3.8) is 0 Å². The van der Waals surface area contributed by atoms with E-state index in [0.29, 0.717) is 12.1 Å². The zero-order valence-electron chi connectivity index (χ0n) is 9.18. The van der Waals surface area contributed by atoms with Crippen molar-refractivity contribution < 1.29 is 30.8 Å². The van der Waals surface area contributed by atoms with Crippen LogP contribution in [0.1, 0.15) is 32.6 Å². The van der Waals surface area contributed by atoms with Crippen molar-refractivity contribution in [3.8, 4) is 0 Å². The molecular formula is C10H18IN2O2-. The van der Waals surface area contributed by atoms with E-state index in [1.54, 1.807) is 6.92 Å². The quantitative estimate of drug-likeness (QED) is 0.269. The normalized spacial score (nSPS) is 26.0. The van der Waals surface area contributed by atoms with Gasteiger partial charge in [-0.1, -0.05) is 0 Å². The van der Waals surface area contributed by atoms with Crippen molar-refractivity contribution in [3.05, 3.63) is 0 Å². The summed E-state index contributed by atoms with van der Waals surface area (Å²) in [6, 6.07) is 0.647. The van der Waals surface area contributed by atoms with Crippen LogP contribution in [0.5, 0.6) is 0 Å². The molecule has 0 spiro atoms. The second-order valence-electron chi connectivity index (χ2n) is 3.86. The summed E-state index contributed by atoms with van der Waals surface area (Å²) in [5.74, 6) is 0.0434. The minimum atomic E-state index is -0.328. The van der Waals surface area contributed by atoms with E-state index >= 15 is 0 Å². The van der Waals surface area contributed by atoms with Crippen LogP contribution in [-0.2, 0) is 4.79 Å². The standard InChI is InChI=1S/C10H18IN2O2/c1-7(14)12-8-3-5-9(6-4-8)13-10(15)11-2/h8-9H,3-6H2,1-2H3,(H,12,14)(H,13,15)/q-1. The molecular weight excluding hydrogens is 307 g/mol. The third kappa shape index (κ3) is 4.81. The Kier molecular flexibility index (Phi) is 5.35. The van der Waals surface area contributed by atoms with Crippen LogP contribution in [0.25, 0.3) is 0 Å². The van der Waals surface area contributed by atoms with E-state index in [9.17, 15) is 9.59 Å². The van der Waals surface area contributed by atoms with Gasteiger partial charge >= 0.3 is 101 Å². The molecule has 0 aromatic heterocycles. The molecule has 0 aromatic carbocycles. The van der Waals surface area contributed by atoms with Crippen LogP contribution in [-0.4, -0.2) is 26.8 Å². The summed E-state index contributed by atoms with van der Waals surface area (Å²) in [5, 5.41) is 5.96. The van der Waals surface area contributed by atoms with Crippen LogP contribution in [0.15, 0.2) is 0 Å². The SMILES string of the molecule is C[I-]C(=O)NC1CCC(NC(C)=O)CC1. The first-order valence-electron chi connectivity index (χ1n) is 5.19. The van der Waals surface area contributed by atoms with E-state index < -0.39 is 0 Å². The molecule has 15 heavy (non-hydrogen) atoms. The molecule has 4 nitrogen and oxygen atoms in total. The molecule has 0 aromatic rings. The Balaban J connectivity index is 2.23. The number of alkyl halides is 1. The molecule has 0 radical (unpaired) electrons. The maximum atomic E-state index is 11.2. The summed E-state index contributed by atoms with van der Waals surface area (Å²) in [4.78, 5) is 24.0. The molecule has 0 aliphatic heterocycles. The van der Waals surface area contributed by atoms with Gasteiger partial charge in [0.15, 0.2) is 0 Å². The molecule has 2 N–H and O–H groups in total. The van der Waals surface area contributed by atoms with Crippen molar-refractivity contribution in [1.82, 2.24) is 10.6 Å². The summed E-state index contributed by atoms with van der Waals surface area (Å²) in [6.07, 6.45) is 3.93. The Hall–Kier alpha value is -0.330. The fourth-order valence-electron chi connectivity index (χ4n) is 1.88. The summed E-state index contributed by atoms with van der Waals surface area (Å²) < 4.78 is 0.233. The molecule has 0 heterocycles. The van der Waals surface area contributed by atoms with E-state index in [-0.39, 0.29) is 31.0 Å². The van der Waals surface area contributed by atoms with Crippen LogP contribution in [0.3, 0.4) is 0 Å².